The number of hydrogen-bond donors (Lipinski definition) is 1. The smallest absolute Gasteiger partial charge is 0.0669 e. The molecule has 1 saturated heterocycles. The molecule has 1 heterocycles. The number of nitriles is 1. The molecule has 1 aliphatic heterocycles. The molecule has 1 aliphatic rings. The van der Waals surface area contributed by atoms with Crippen molar-refractivity contribution in [2.75, 3.05) is 6.54 Å². The number of benzene rings is 1. The zero-order chi connectivity index (χ0) is 10.7. The second-order valence-electron chi connectivity index (χ2n) is 3.92. The number of rotatable bonds is 1. The van der Waals surface area contributed by atoms with Gasteiger partial charge in [0.25, 0.3) is 0 Å². The van der Waals surface area contributed by atoms with Crippen molar-refractivity contribution in [1.29, 1.82) is 5.26 Å². The molecule has 0 spiro atoms. The van der Waals surface area contributed by atoms with Gasteiger partial charge < -0.3 is 5.32 Å². The molecule has 1 fully saturated rings. The Balaban J connectivity index is 2.05. The zero-order valence-electron chi connectivity index (χ0n) is 8.41. The molecule has 0 radical (unpaired) electrons. The summed E-state index contributed by atoms with van der Waals surface area (Å²) in [6.07, 6.45) is 2.05. The van der Waals surface area contributed by atoms with Gasteiger partial charge in [-0.3, -0.25) is 0 Å². The minimum Gasteiger partial charge on any atom is -0.309 e. The fraction of sp³-hybridized carbons (Fsp3) is 0.417. The van der Waals surface area contributed by atoms with E-state index in [0.717, 1.165) is 23.9 Å². The van der Waals surface area contributed by atoms with Crippen LogP contribution in [0.4, 0.5) is 0 Å². The van der Waals surface area contributed by atoms with Gasteiger partial charge in [0.1, 0.15) is 0 Å². The summed E-state index contributed by atoms with van der Waals surface area (Å²) < 4.78 is 1.12. The Labute approximate surface area is 98.4 Å². The van der Waals surface area contributed by atoms with E-state index < -0.39 is 0 Å². The highest BCUT2D eigenvalue weighted by molar-refractivity contribution is 9.10. The second-order valence-corrected chi connectivity index (χ2v) is 4.83. The Kier molecular flexibility index (Phi) is 3.40. The molecule has 2 rings (SSSR count). The molecule has 2 nitrogen and oxygen atoms in total. The Morgan fingerprint density at radius 2 is 2.27 bits per heavy atom. The van der Waals surface area contributed by atoms with Crippen molar-refractivity contribution in [2.45, 2.75) is 18.9 Å². The minimum absolute atomic E-state index is 0.188. The van der Waals surface area contributed by atoms with Gasteiger partial charge in [-0.15, -0.1) is 0 Å². The van der Waals surface area contributed by atoms with Crippen LogP contribution in [0, 0.1) is 17.2 Å². The molecule has 0 saturated carbocycles. The van der Waals surface area contributed by atoms with Crippen molar-refractivity contribution in [3.8, 4) is 6.07 Å². The first-order chi connectivity index (χ1) is 7.29. The summed E-state index contributed by atoms with van der Waals surface area (Å²) >= 11 is 3.47. The van der Waals surface area contributed by atoms with Crippen LogP contribution < -0.4 is 5.32 Å². The fourth-order valence-electron chi connectivity index (χ4n) is 1.97. The Morgan fingerprint density at radius 1 is 1.40 bits per heavy atom. The minimum atomic E-state index is 0.188. The van der Waals surface area contributed by atoms with Crippen LogP contribution in [-0.2, 0) is 0 Å². The lowest BCUT2D eigenvalue weighted by atomic mass is 9.92. The van der Waals surface area contributed by atoms with Crippen LogP contribution in [0.15, 0.2) is 28.7 Å². The predicted octanol–water partition coefficient (Wildman–Crippen LogP) is 3.01. The second kappa shape index (κ2) is 4.78. The number of halogens is 1. The summed E-state index contributed by atoms with van der Waals surface area (Å²) in [4.78, 5) is 0. The van der Waals surface area contributed by atoms with Crippen LogP contribution in [0.25, 0.3) is 0 Å². The van der Waals surface area contributed by atoms with Crippen LogP contribution in [0.1, 0.15) is 24.4 Å². The highest BCUT2D eigenvalue weighted by Gasteiger charge is 2.21. The highest BCUT2D eigenvalue weighted by atomic mass is 79.9. The predicted molar refractivity (Wildman–Crippen MR) is 63.2 cm³/mol. The summed E-state index contributed by atoms with van der Waals surface area (Å²) in [6.45, 7) is 0.813. The number of hydrogen-bond acceptors (Lipinski definition) is 2. The molecule has 2 unspecified atom stereocenters. The summed E-state index contributed by atoms with van der Waals surface area (Å²) in [6, 6.07) is 11.1. The lowest BCUT2D eigenvalue weighted by Gasteiger charge is -2.26. The summed E-state index contributed by atoms with van der Waals surface area (Å²) in [5, 5.41) is 12.2. The maximum Gasteiger partial charge on any atom is 0.0669 e. The average Bonchev–Trinajstić information content (AvgIpc) is 2.29. The Hall–Kier alpha value is -0.850. The highest BCUT2D eigenvalue weighted by Crippen LogP contribution is 2.26. The van der Waals surface area contributed by atoms with E-state index in [0.29, 0.717) is 6.04 Å². The van der Waals surface area contributed by atoms with Crippen molar-refractivity contribution < 1.29 is 0 Å². The van der Waals surface area contributed by atoms with Gasteiger partial charge in [0.2, 0.25) is 0 Å². The molecule has 3 heteroatoms. The molecule has 78 valence electrons. The van der Waals surface area contributed by atoms with Crippen LogP contribution in [0.5, 0.6) is 0 Å². The van der Waals surface area contributed by atoms with Gasteiger partial charge in [-0.05, 0) is 30.5 Å². The van der Waals surface area contributed by atoms with Crippen molar-refractivity contribution in [3.63, 3.8) is 0 Å². The van der Waals surface area contributed by atoms with Gasteiger partial charge in [0.15, 0.2) is 0 Å². The molecule has 0 bridgehead atoms. The van der Waals surface area contributed by atoms with Crippen LogP contribution in [-0.4, -0.2) is 6.54 Å². The molecular formula is C12H13BrN2. The molecular weight excluding hydrogens is 252 g/mol. The number of piperidine rings is 1. The molecule has 1 N–H and O–H groups in total. The SMILES string of the molecule is N#CC1CCC(c2cccc(Br)c2)NC1. The topological polar surface area (TPSA) is 35.8 Å². The van der Waals surface area contributed by atoms with Gasteiger partial charge in [-0.25, -0.2) is 0 Å². The Morgan fingerprint density at radius 3 is 2.87 bits per heavy atom. The third-order valence-corrected chi connectivity index (χ3v) is 3.34. The number of nitrogens with one attached hydrogen (secondary N) is 1. The summed E-state index contributed by atoms with van der Waals surface area (Å²) in [7, 11) is 0. The average molecular weight is 265 g/mol. The zero-order valence-corrected chi connectivity index (χ0v) is 10.00. The molecule has 1 aromatic rings. The van der Waals surface area contributed by atoms with E-state index in [1.54, 1.807) is 0 Å². The van der Waals surface area contributed by atoms with Crippen molar-refractivity contribution >= 4 is 15.9 Å². The van der Waals surface area contributed by atoms with E-state index >= 15 is 0 Å². The summed E-state index contributed by atoms with van der Waals surface area (Å²) in [5.41, 5.74) is 1.31. The molecule has 0 amide bonds. The van der Waals surface area contributed by atoms with E-state index in [9.17, 15) is 0 Å². The standard InChI is InChI=1S/C12H13BrN2/c13-11-3-1-2-10(6-11)12-5-4-9(7-14)8-15-12/h1-3,6,9,12,15H,4-5,8H2. The third-order valence-electron chi connectivity index (χ3n) is 2.85. The molecule has 0 aromatic heterocycles. The third kappa shape index (κ3) is 2.58. The van der Waals surface area contributed by atoms with Crippen molar-refractivity contribution in [2.24, 2.45) is 5.92 Å². The fourth-order valence-corrected chi connectivity index (χ4v) is 2.39. The maximum atomic E-state index is 8.79. The van der Waals surface area contributed by atoms with Crippen molar-refractivity contribution in [3.05, 3.63) is 34.3 Å². The van der Waals surface area contributed by atoms with Crippen LogP contribution >= 0.6 is 15.9 Å². The largest absolute Gasteiger partial charge is 0.309 e. The van der Waals surface area contributed by atoms with E-state index in [1.165, 1.54) is 5.56 Å². The van der Waals surface area contributed by atoms with Gasteiger partial charge in [-0.2, -0.15) is 5.26 Å². The first-order valence-corrected chi connectivity index (χ1v) is 5.97. The van der Waals surface area contributed by atoms with Crippen molar-refractivity contribution in [1.82, 2.24) is 5.32 Å². The molecule has 0 aliphatic carbocycles. The normalized spacial score (nSPS) is 25.9. The van der Waals surface area contributed by atoms with Gasteiger partial charge in [-0.1, -0.05) is 28.1 Å². The number of nitrogens with zero attached hydrogens (tertiary/aromatic N) is 1. The maximum absolute atomic E-state index is 8.79. The van der Waals surface area contributed by atoms with E-state index in [4.69, 9.17) is 5.26 Å². The molecule has 15 heavy (non-hydrogen) atoms. The lowest BCUT2D eigenvalue weighted by Crippen LogP contribution is -2.32. The van der Waals surface area contributed by atoms with Gasteiger partial charge in [0.05, 0.1) is 12.0 Å². The molecule has 1 aromatic carbocycles. The first kappa shape index (κ1) is 10.7. The van der Waals surface area contributed by atoms with Crippen LogP contribution in [0.2, 0.25) is 0 Å². The van der Waals surface area contributed by atoms with Crippen LogP contribution in [0.3, 0.4) is 0 Å². The summed E-state index contributed by atoms with van der Waals surface area (Å²) in [5.74, 6) is 0.188. The Bertz CT molecular complexity index is 375. The molecule has 2 atom stereocenters. The van der Waals surface area contributed by atoms with Gasteiger partial charge >= 0.3 is 0 Å². The van der Waals surface area contributed by atoms with E-state index in [-0.39, 0.29) is 5.92 Å². The van der Waals surface area contributed by atoms with E-state index in [2.05, 4.69) is 45.5 Å². The monoisotopic (exact) mass is 264 g/mol. The quantitative estimate of drug-likeness (QED) is 0.847. The lowest BCUT2D eigenvalue weighted by molar-refractivity contribution is 0.361. The van der Waals surface area contributed by atoms with Gasteiger partial charge in [0, 0.05) is 17.1 Å². The first-order valence-electron chi connectivity index (χ1n) is 5.18. The van der Waals surface area contributed by atoms with E-state index in [1.807, 2.05) is 6.07 Å².